The van der Waals surface area contributed by atoms with Crippen molar-refractivity contribution in [3.05, 3.63) is 30.3 Å². The van der Waals surface area contributed by atoms with Crippen LogP contribution in [0, 0.1) is 5.41 Å². The molecule has 2 N–H and O–H groups in total. The number of hydrogen-bond donors (Lipinski definition) is 2. The molecule has 1 saturated carbocycles. The molecule has 0 aromatic heterocycles. The van der Waals surface area contributed by atoms with Gasteiger partial charge in [0.15, 0.2) is 0 Å². The van der Waals surface area contributed by atoms with Gasteiger partial charge in [-0.1, -0.05) is 18.2 Å². The van der Waals surface area contributed by atoms with Gasteiger partial charge in [0.2, 0.25) is 5.91 Å². The number of urea groups is 1. The molecule has 0 radical (unpaired) electrons. The highest BCUT2D eigenvalue weighted by Crippen LogP contribution is 2.64. The first kappa shape index (κ1) is 17.4. The Morgan fingerprint density at radius 2 is 1.75 bits per heavy atom. The van der Waals surface area contributed by atoms with Crippen molar-refractivity contribution in [3.8, 4) is 0 Å². The first-order chi connectivity index (χ1) is 11.3. The SMILES string of the molecule is CC1(C(=O)N2CCC(NC(=O)Nc3ccccc3)CC2)CC1(Cl)Cl. The Balaban J connectivity index is 1.46. The number of likely N-dealkylation sites (tertiary alicyclic amines) is 1. The Hall–Kier alpha value is -1.46. The van der Waals surface area contributed by atoms with Gasteiger partial charge in [0.1, 0.15) is 4.33 Å². The highest BCUT2D eigenvalue weighted by molar-refractivity contribution is 6.53. The summed E-state index contributed by atoms with van der Waals surface area (Å²) in [5.41, 5.74) is 0.0889. The maximum atomic E-state index is 12.5. The largest absolute Gasteiger partial charge is 0.342 e. The van der Waals surface area contributed by atoms with Crippen molar-refractivity contribution >= 4 is 40.8 Å². The van der Waals surface area contributed by atoms with E-state index in [1.165, 1.54) is 0 Å². The molecule has 3 amide bonds. The molecule has 1 heterocycles. The van der Waals surface area contributed by atoms with E-state index in [1.807, 2.05) is 37.3 Å². The summed E-state index contributed by atoms with van der Waals surface area (Å²) in [6, 6.07) is 9.13. The number of nitrogens with zero attached hydrogens (tertiary/aromatic N) is 1. The van der Waals surface area contributed by atoms with E-state index in [1.54, 1.807) is 4.90 Å². The zero-order chi connectivity index (χ0) is 17.4. The number of para-hydroxylation sites is 1. The van der Waals surface area contributed by atoms with Crippen LogP contribution in [0.3, 0.4) is 0 Å². The maximum Gasteiger partial charge on any atom is 0.319 e. The second kappa shape index (κ2) is 6.45. The van der Waals surface area contributed by atoms with E-state index in [2.05, 4.69) is 10.6 Å². The van der Waals surface area contributed by atoms with Crippen LogP contribution in [0.4, 0.5) is 10.5 Å². The number of nitrogens with one attached hydrogen (secondary N) is 2. The van der Waals surface area contributed by atoms with E-state index in [9.17, 15) is 9.59 Å². The van der Waals surface area contributed by atoms with Gasteiger partial charge in [-0.25, -0.2) is 4.79 Å². The van der Waals surface area contributed by atoms with Crippen molar-refractivity contribution in [1.29, 1.82) is 0 Å². The summed E-state index contributed by atoms with van der Waals surface area (Å²) >= 11 is 12.2. The van der Waals surface area contributed by atoms with E-state index in [0.717, 1.165) is 18.5 Å². The predicted octanol–water partition coefficient (Wildman–Crippen LogP) is 3.38. The fourth-order valence-electron chi connectivity index (χ4n) is 3.08. The van der Waals surface area contributed by atoms with Gasteiger partial charge in [0.25, 0.3) is 0 Å². The Kier molecular flexibility index (Phi) is 4.67. The summed E-state index contributed by atoms with van der Waals surface area (Å²) in [5, 5.41) is 5.76. The summed E-state index contributed by atoms with van der Waals surface area (Å²) in [6.45, 7) is 3.02. The number of hydrogen-bond acceptors (Lipinski definition) is 2. The molecular weight excluding hydrogens is 349 g/mol. The first-order valence-electron chi connectivity index (χ1n) is 8.12. The van der Waals surface area contributed by atoms with Gasteiger partial charge in [-0.2, -0.15) is 0 Å². The summed E-state index contributed by atoms with van der Waals surface area (Å²) in [4.78, 5) is 26.3. The third-order valence-electron chi connectivity index (χ3n) is 4.88. The maximum absolute atomic E-state index is 12.5. The van der Waals surface area contributed by atoms with Crippen molar-refractivity contribution in [3.63, 3.8) is 0 Å². The van der Waals surface area contributed by atoms with Crippen LogP contribution in [0.5, 0.6) is 0 Å². The van der Waals surface area contributed by atoms with Crippen LogP contribution in [0.1, 0.15) is 26.2 Å². The molecule has 1 unspecified atom stereocenters. The van der Waals surface area contributed by atoms with E-state index in [-0.39, 0.29) is 18.0 Å². The Morgan fingerprint density at radius 1 is 1.17 bits per heavy atom. The lowest BCUT2D eigenvalue weighted by atomic mass is 10.0. The smallest absolute Gasteiger partial charge is 0.319 e. The highest BCUT2D eigenvalue weighted by Gasteiger charge is 2.68. The minimum absolute atomic E-state index is 0.0136. The van der Waals surface area contributed by atoms with Gasteiger partial charge < -0.3 is 15.5 Å². The van der Waals surface area contributed by atoms with Crippen LogP contribution >= 0.6 is 23.2 Å². The van der Waals surface area contributed by atoms with Gasteiger partial charge in [-0.05, 0) is 38.3 Å². The van der Waals surface area contributed by atoms with Gasteiger partial charge in [-0.15, -0.1) is 23.2 Å². The number of rotatable bonds is 3. The average Bonchev–Trinajstić information content (AvgIpc) is 3.08. The summed E-state index contributed by atoms with van der Waals surface area (Å²) in [5.74, 6) is 0.0136. The van der Waals surface area contributed by atoms with Gasteiger partial charge >= 0.3 is 6.03 Å². The van der Waals surface area contributed by atoms with Crippen LogP contribution in [-0.2, 0) is 4.79 Å². The van der Waals surface area contributed by atoms with Crippen LogP contribution in [0.15, 0.2) is 30.3 Å². The molecule has 1 aliphatic heterocycles. The van der Waals surface area contributed by atoms with E-state index < -0.39 is 9.75 Å². The molecule has 5 nitrogen and oxygen atoms in total. The molecule has 3 rings (SSSR count). The highest BCUT2D eigenvalue weighted by atomic mass is 35.5. The lowest BCUT2D eigenvalue weighted by Gasteiger charge is -2.34. The minimum Gasteiger partial charge on any atom is -0.342 e. The van der Waals surface area contributed by atoms with Crippen molar-refractivity contribution in [2.24, 2.45) is 5.41 Å². The second-order valence-corrected chi connectivity index (χ2v) is 8.23. The topological polar surface area (TPSA) is 61.4 Å². The third-order valence-corrected chi connectivity index (χ3v) is 5.98. The quantitative estimate of drug-likeness (QED) is 0.802. The second-order valence-electron chi connectivity index (χ2n) is 6.74. The molecular formula is C17H21Cl2N3O2. The normalized spacial score (nSPS) is 25.9. The fraction of sp³-hybridized carbons (Fsp3) is 0.529. The molecule has 1 saturated heterocycles. The van der Waals surface area contributed by atoms with Crippen LogP contribution in [0.2, 0.25) is 0 Å². The molecule has 7 heteroatoms. The van der Waals surface area contributed by atoms with Crippen molar-refractivity contribution < 1.29 is 9.59 Å². The number of anilines is 1. The van der Waals surface area contributed by atoms with Gasteiger partial charge in [0.05, 0.1) is 5.41 Å². The zero-order valence-corrected chi connectivity index (χ0v) is 15.0. The lowest BCUT2D eigenvalue weighted by molar-refractivity contribution is -0.137. The number of carbonyl (C=O) groups excluding carboxylic acids is 2. The van der Waals surface area contributed by atoms with Gasteiger partial charge in [0, 0.05) is 24.8 Å². The molecule has 2 aliphatic rings. The molecule has 1 aliphatic carbocycles. The Morgan fingerprint density at radius 3 is 2.29 bits per heavy atom. The summed E-state index contributed by atoms with van der Waals surface area (Å²) < 4.78 is -0.936. The zero-order valence-electron chi connectivity index (χ0n) is 13.5. The number of benzene rings is 1. The van der Waals surface area contributed by atoms with Crippen LogP contribution < -0.4 is 10.6 Å². The third kappa shape index (κ3) is 3.47. The summed E-state index contributed by atoms with van der Waals surface area (Å²) in [7, 11) is 0. The molecule has 0 bridgehead atoms. The summed E-state index contributed by atoms with van der Waals surface area (Å²) in [6.07, 6.45) is 1.95. The van der Waals surface area contributed by atoms with Crippen LogP contribution in [-0.4, -0.2) is 40.3 Å². The van der Waals surface area contributed by atoms with Crippen molar-refractivity contribution in [1.82, 2.24) is 10.2 Å². The number of piperidine rings is 1. The Labute approximate surface area is 151 Å². The molecule has 130 valence electrons. The number of alkyl halides is 2. The van der Waals surface area contributed by atoms with E-state index in [0.29, 0.717) is 19.5 Å². The van der Waals surface area contributed by atoms with Crippen LogP contribution in [0.25, 0.3) is 0 Å². The number of amides is 3. The van der Waals surface area contributed by atoms with Crippen molar-refractivity contribution in [2.75, 3.05) is 18.4 Å². The Bertz CT molecular complexity index is 630. The lowest BCUT2D eigenvalue weighted by Crippen LogP contribution is -2.49. The van der Waals surface area contributed by atoms with E-state index in [4.69, 9.17) is 23.2 Å². The van der Waals surface area contributed by atoms with E-state index >= 15 is 0 Å². The predicted molar refractivity (Wildman–Crippen MR) is 95.4 cm³/mol. The molecule has 2 fully saturated rings. The molecule has 1 aromatic carbocycles. The molecule has 1 atom stereocenters. The number of carbonyl (C=O) groups is 2. The van der Waals surface area contributed by atoms with Gasteiger partial charge in [-0.3, -0.25) is 4.79 Å². The number of halogens is 2. The first-order valence-corrected chi connectivity index (χ1v) is 8.87. The molecule has 24 heavy (non-hydrogen) atoms. The molecule has 0 spiro atoms. The minimum atomic E-state index is -0.936. The monoisotopic (exact) mass is 369 g/mol. The van der Waals surface area contributed by atoms with Crippen molar-refractivity contribution in [2.45, 2.75) is 36.6 Å². The molecule has 1 aromatic rings. The average molecular weight is 370 g/mol. The standard InChI is InChI=1S/C17H21Cl2N3O2/c1-16(11-17(16,18)19)14(23)22-9-7-13(8-10-22)21-15(24)20-12-5-3-2-4-6-12/h2-6,13H,7-11H2,1H3,(H2,20,21,24). The fourth-order valence-corrected chi connectivity index (χ4v) is 3.78.